The Bertz CT molecular complexity index is 218. The number of hydrogen-bond donors (Lipinski definition) is 2. The first-order valence-corrected chi connectivity index (χ1v) is 6.71. The Labute approximate surface area is 111 Å². The molecule has 3 nitrogen and oxygen atoms in total. The van der Waals surface area contributed by atoms with E-state index >= 15 is 0 Å². The zero-order chi connectivity index (χ0) is 14.2. The van der Waals surface area contributed by atoms with Gasteiger partial charge in [-0.15, -0.1) is 6.58 Å². The lowest BCUT2D eigenvalue weighted by atomic mass is 10.1. The van der Waals surface area contributed by atoms with Gasteiger partial charge in [0.05, 0.1) is 6.10 Å². The van der Waals surface area contributed by atoms with E-state index in [1.807, 2.05) is 6.08 Å². The normalized spacial score (nSPS) is 11.7. The van der Waals surface area contributed by atoms with Crippen LogP contribution in [0.4, 0.5) is 0 Å². The molecule has 0 saturated carbocycles. The van der Waals surface area contributed by atoms with E-state index in [0.29, 0.717) is 0 Å². The Morgan fingerprint density at radius 2 is 1.72 bits per heavy atom. The van der Waals surface area contributed by atoms with Crippen LogP contribution in [0.15, 0.2) is 24.8 Å². The van der Waals surface area contributed by atoms with Crippen LogP contribution in [0.5, 0.6) is 0 Å². The first-order chi connectivity index (χ1) is 8.54. The van der Waals surface area contributed by atoms with Crippen molar-refractivity contribution in [1.82, 2.24) is 0 Å². The molecule has 0 aliphatic rings. The average Bonchev–Trinajstić information content (AvgIpc) is 2.31. The number of hydrogen-bond acceptors (Lipinski definition) is 2. The Morgan fingerprint density at radius 1 is 1.22 bits per heavy atom. The van der Waals surface area contributed by atoms with Crippen LogP contribution in [-0.4, -0.2) is 22.3 Å². The molecule has 18 heavy (non-hydrogen) atoms. The van der Waals surface area contributed by atoms with E-state index in [1.54, 1.807) is 6.08 Å². The molecule has 0 spiro atoms. The maximum absolute atomic E-state index is 9.13. The summed E-state index contributed by atoms with van der Waals surface area (Å²) in [5.41, 5.74) is 0. The highest BCUT2D eigenvalue weighted by Gasteiger charge is 1.90. The molecule has 0 amide bonds. The molecule has 0 aromatic carbocycles. The van der Waals surface area contributed by atoms with Crippen LogP contribution in [0.2, 0.25) is 0 Å². The molecule has 0 aromatic rings. The molecule has 0 saturated heterocycles. The molecule has 0 radical (unpaired) electrons. The number of carboxylic acid groups (broad SMARTS) is 1. The fraction of sp³-hybridized carbons (Fsp3) is 0.667. The molecule has 106 valence electrons. The van der Waals surface area contributed by atoms with Gasteiger partial charge in [-0.3, -0.25) is 4.79 Å². The molecule has 0 aliphatic carbocycles. The lowest BCUT2D eigenvalue weighted by Gasteiger charge is -1.98. The summed E-state index contributed by atoms with van der Waals surface area (Å²) in [5.74, 6) is -0.833. The van der Waals surface area contributed by atoms with E-state index in [4.69, 9.17) is 15.0 Å². The molecule has 0 heterocycles. The second-order valence-electron chi connectivity index (χ2n) is 4.23. The second kappa shape index (κ2) is 15.9. The summed E-state index contributed by atoms with van der Waals surface area (Å²) in [4.78, 5) is 9.00. The third kappa shape index (κ3) is 24.2. The third-order valence-corrected chi connectivity index (χ3v) is 2.30. The number of unbranched alkanes of at least 4 members (excludes halogenated alkanes) is 6. The van der Waals surface area contributed by atoms with E-state index < -0.39 is 12.1 Å². The Balaban J connectivity index is 0. The van der Waals surface area contributed by atoms with Crippen molar-refractivity contribution in [3.05, 3.63) is 24.8 Å². The molecule has 1 unspecified atom stereocenters. The van der Waals surface area contributed by atoms with E-state index in [0.717, 1.165) is 13.3 Å². The summed E-state index contributed by atoms with van der Waals surface area (Å²) in [6, 6.07) is 0. The summed E-state index contributed by atoms with van der Waals surface area (Å²) < 4.78 is 0. The standard InChI is InChI=1S/C13H24O.C2H4O2/c1-3-5-6-7-8-9-10-11-12-13(14)4-2;1-2(3)4/h4,11-14H,2-3,5-10H2,1H3;1H3,(H,3,4). The predicted molar refractivity (Wildman–Crippen MR) is 76.6 cm³/mol. The summed E-state index contributed by atoms with van der Waals surface area (Å²) in [6.45, 7) is 6.83. The highest BCUT2D eigenvalue weighted by atomic mass is 16.4. The quantitative estimate of drug-likeness (QED) is 0.485. The van der Waals surface area contributed by atoms with Crippen molar-refractivity contribution in [2.45, 2.75) is 64.9 Å². The van der Waals surface area contributed by atoms with Crippen molar-refractivity contribution in [2.75, 3.05) is 0 Å². The highest BCUT2D eigenvalue weighted by molar-refractivity contribution is 5.62. The number of carboxylic acids is 1. The van der Waals surface area contributed by atoms with Gasteiger partial charge in [-0.25, -0.2) is 0 Å². The number of carbonyl (C=O) groups is 1. The molecule has 0 aliphatic heterocycles. The van der Waals surface area contributed by atoms with Crippen molar-refractivity contribution >= 4 is 5.97 Å². The minimum absolute atomic E-state index is 0.463. The van der Waals surface area contributed by atoms with Crippen molar-refractivity contribution in [3.63, 3.8) is 0 Å². The SMILES string of the molecule is C=CC(O)C=CCCCCCCCC.CC(=O)O. The van der Waals surface area contributed by atoms with Gasteiger partial charge in [-0.1, -0.05) is 57.3 Å². The largest absolute Gasteiger partial charge is 0.481 e. The smallest absolute Gasteiger partial charge is 0.300 e. The fourth-order valence-electron chi connectivity index (χ4n) is 1.36. The molecule has 1 atom stereocenters. The van der Waals surface area contributed by atoms with Crippen LogP contribution in [-0.2, 0) is 4.79 Å². The minimum atomic E-state index is -0.833. The number of allylic oxidation sites excluding steroid dienone is 1. The topological polar surface area (TPSA) is 57.5 Å². The maximum atomic E-state index is 9.13. The van der Waals surface area contributed by atoms with Crippen molar-refractivity contribution in [3.8, 4) is 0 Å². The second-order valence-corrected chi connectivity index (χ2v) is 4.23. The first-order valence-electron chi connectivity index (χ1n) is 6.71. The molecule has 2 N–H and O–H groups in total. The zero-order valence-electron chi connectivity index (χ0n) is 11.8. The Morgan fingerprint density at radius 3 is 2.22 bits per heavy atom. The Hall–Kier alpha value is -1.09. The van der Waals surface area contributed by atoms with Crippen LogP contribution < -0.4 is 0 Å². The van der Waals surface area contributed by atoms with Gasteiger partial charge in [0.2, 0.25) is 0 Å². The number of aliphatic carboxylic acids is 1. The first kappa shape index (κ1) is 19.3. The lowest BCUT2D eigenvalue weighted by Crippen LogP contribution is -1.93. The fourth-order valence-corrected chi connectivity index (χ4v) is 1.36. The van der Waals surface area contributed by atoms with Crippen LogP contribution in [0.3, 0.4) is 0 Å². The number of rotatable bonds is 9. The van der Waals surface area contributed by atoms with Gasteiger partial charge in [0.25, 0.3) is 5.97 Å². The molecule has 0 bridgehead atoms. The summed E-state index contributed by atoms with van der Waals surface area (Å²) in [7, 11) is 0. The van der Waals surface area contributed by atoms with E-state index in [2.05, 4.69) is 13.5 Å². The van der Waals surface area contributed by atoms with Crippen molar-refractivity contribution in [1.29, 1.82) is 0 Å². The molecule has 0 rings (SSSR count). The van der Waals surface area contributed by atoms with Gasteiger partial charge < -0.3 is 10.2 Å². The molecular formula is C15H28O3. The molecular weight excluding hydrogens is 228 g/mol. The number of aliphatic hydroxyl groups is 1. The van der Waals surface area contributed by atoms with Gasteiger partial charge in [0, 0.05) is 6.92 Å². The van der Waals surface area contributed by atoms with E-state index in [1.165, 1.54) is 44.6 Å². The van der Waals surface area contributed by atoms with Crippen LogP contribution >= 0.6 is 0 Å². The molecule has 0 fully saturated rings. The van der Waals surface area contributed by atoms with Gasteiger partial charge >= 0.3 is 0 Å². The minimum Gasteiger partial charge on any atom is -0.481 e. The van der Waals surface area contributed by atoms with E-state index in [-0.39, 0.29) is 0 Å². The van der Waals surface area contributed by atoms with Crippen LogP contribution in [0.25, 0.3) is 0 Å². The predicted octanol–water partition coefficient (Wildman–Crippen LogP) is 3.93. The zero-order valence-corrected chi connectivity index (χ0v) is 11.8. The van der Waals surface area contributed by atoms with Crippen LogP contribution in [0, 0.1) is 0 Å². The van der Waals surface area contributed by atoms with E-state index in [9.17, 15) is 0 Å². The average molecular weight is 256 g/mol. The summed E-state index contributed by atoms with van der Waals surface area (Å²) >= 11 is 0. The van der Waals surface area contributed by atoms with Crippen LogP contribution in [0.1, 0.15) is 58.8 Å². The van der Waals surface area contributed by atoms with Gasteiger partial charge in [0.15, 0.2) is 0 Å². The van der Waals surface area contributed by atoms with Crippen molar-refractivity contribution in [2.24, 2.45) is 0 Å². The monoisotopic (exact) mass is 256 g/mol. The highest BCUT2D eigenvalue weighted by Crippen LogP contribution is 2.07. The maximum Gasteiger partial charge on any atom is 0.300 e. The van der Waals surface area contributed by atoms with Gasteiger partial charge in [-0.2, -0.15) is 0 Å². The summed E-state index contributed by atoms with van der Waals surface area (Å²) in [5, 5.41) is 16.5. The van der Waals surface area contributed by atoms with Gasteiger partial charge in [0.1, 0.15) is 0 Å². The van der Waals surface area contributed by atoms with Gasteiger partial charge in [-0.05, 0) is 12.8 Å². The molecule has 3 heteroatoms. The van der Waals surface area contributed by atoms with Crippen molar-refractivity contribution < 1.29 is 15.0 Å². The number of aliphatic hydroxyl groups excluding tert-OH is 1. The summed E-state index contributed by atoms with van der Waals surface area (Å²) in [6.07, 6.45) is 14.0. The Kier molecular flexibility index (Phi) is 17.0. The molecule has 0 aromatic heterocycles. The third-order valence-electron chi connectivity index (χ3n) is 2.30. The lowest BCUT2D eigenvalue weighted by molar-refractivity contribution is -0.134.